The van der Waals surface area contributed by atoms with Gasteiger partial charge in [0.25, 0.3) is 0 Å². The second-order valence-corrected chi connectivity index (χ2v) is 5.74. The molecule has 0 aliphatic carbocycles. The minimum Gasteiger partial charge on any atom is -0.466 e. The van der Waals surface area contributed by atoms with Gasteiger partial charge in [0, 0.05) is 11.6 Å². The van der Waals surface area contributed by atoms with E-state index in [1.54, 1.807) is 6.07 Å². The fourth-order valence-corrected chi connectivity index (χ4v) is 2.63. The van der Waals surface area contributed by atoms with Crippen LogP contribution in [0.5, 0.6) is 0 Å². The molecule has 1 aromatic heterocycles. The Kier molecular flexibility index (Phi) is 5.43. The van der Waals surface area contributed by atoms with E-state index >= 15 is 0 Å². The zero-order valence-corrected chi connectivity index (χ0v) is 13.4. The van der Waals surface area contributed by atoms with Gasteiger partial charge in [-0.1, -0.05) is 24.6 Å². The van der Waals surface area contributed by atoms with Crippen molar-refractivity contribution in [2.24, 2.45) is 0 Å². The zero-order chi connectivity index (χ0) is 15.4. The van der Waals surface area contributed by atoms with Crippen LogP contribution in [0.1, 0.15) is 42.0 Å². The summed E-state index contributed by atoms with van der Waals surface area (Å²) in [5.74, 6) is 1.44. The van der Waals surface area contributed by atoms with Crippen molar-refractivity contribution in [3.63, 3.8) is 0 Å². The largest absolute Gasteiger partial charge is 0.466 e. The topological polar surface area (TPSA) is 25.2 Å². The predicted molar refractivity (Wildman–Crippen MR) is 84.3 cm³/mol. The van der Waals surface area contributed by atoms with Gasteiger partial charge < -0.3 is 9.73 Å². The van der Waals surface area contributed by atoms with E-state index in [1.165, 1.54) is 6.07 Å². The third kappa shape index (κ3) is 4.08. The minimum atomic E-state index is -0.372. The van der Waals surface area contributed by atoms with Gasteiger partial charge in [0.1, 0.15) is 17.3 Å². The van der Waals surface area contributed by atoms with Crippen LogP contribution in [0.3, 0.4) is 0 Å². The lowest BCUT2D eigenvalue weighted by Gasteiger charge is -2.18. The molecule has 0 saturated heterocycles. The van der Waals surface area contributed by atoms with Crippen LogP contribution < -0.4 is 5.32 Å². The average Bonchev–Trinajstić information content (AvgIpc) is 2.77. The Balaban J connectivity index is 2.23. The van der Waals surface area contributed by atoms with Crippen molar-refractivity contribution in [2.45, 2.75) is 39.7 Å². The summed E-state index contributed by atoms with van der Waals surface area (Å²) in [5, 5.41) is 3.67. The van der Waals surface area contributed by atoms with Crippen LogP contribution in [0.25, 0.3) is 0 Å². The second kappa shape index (κ2) is 7.10. The van der Waals surface area contributed by atoms with Gasteiger partial charge in [-0.25, -0.2) is 4.39 Å². The molecule has 21 heavy (non-hydrogen) atoms. The molecule has 0 saturated carbocycles. The minimum absolute atomic E-state index is 0.114. The molecular formula is C17H21ClFNO. The van der Waals surface area contributed by atoms with Gasteiger partial charge in [0.15, 0.2) is 0 Å². The van der Waals surface area contributed by atoms with Crippen molar-refractivity contribution >= 4 is 11.6 Å². The highest BCUT2D eigenvalue weighted by Crippen LogP contribution is 2.26. The molecule has 1 aromatic carbocycles. The number of hydrogen-bond donors (Lipinski definition) is 1. The standard InChI is InChI=1S/C17H21ClFNO/c1-4-7-20-17(14-8-11(2)21-12(14)3)10-13-5-6-15(18)16(19)9-13/h5-6,8-9,17,20H,4,7,10H2,1-3H3. The molecule has 0 spiro atoms. The van der Waals surface area contributed by atoms with Gasteiger partial charge in [-0.3, -0.25) is 0 Å². The zero-order valence-electron chi connectivity index (χ0n) is 12.7. The fourth-order valence-electron chi connectivity index (χ4n) is 2.51. The Labute approximate surface area is 130 Å². The molecule has 0 fully saturated rings. The summed E-state index contributed by atoms with van der Waals surface area (Å²) >= 11 is 5.74. The third-order valence-corrected chi connectivity index (χ3v) is 3.83. The molecule has 1 N–H and O–H groups in total. The molecular weight excluding hydrogens is 289 g/mol. The van der Waals surface area contributed by atoms with Gasteiger partial charge >= 0.3 is 0 Å². The van der Waals surface area contributed by atoms with E-state index in [4.69, 9.17) is 16.0 Å². The van der Waals surface area contributed by atoms with Gasteiger partial charge in [-0.2, -0.15) is 0 Å². The van der Waals surface area contributed by atoms with Crippen molar-refractivity contribution in [3.05, 3.63) is 57.8 Å². The molecule has 2 rings (SSSR count). The van der Waals surface area contributed by atoms with Crippen LogP contribution in [0.2, 0.25) is 5.02 Å². The molecule has 1 unspecified atom stereocenters. The van der Waals surface area contributed by atoms with Crippen LogP contribution in [-0.2, 0) is 6.42 Å². The van der Waals surface area contributed by atoms with Crippen molar-refractivity contribution in [2.75, 3.05) is 6.54 Å². The van der Waals surface area contributed by atoms with Crippen molar-refractivity contribution in [3.8, 4) is 0 Å². The molecule has 0 aliphatic heterocycles. The lowest BCUT2D eigenvalue weighted by molar-refractivity contribution is 0.480. The Morgan fingerprint density at radius 3 is 2.62 bits per heavy atom. The summed E-state index contributed by atoms with van der Waals surface area (Å²) in [6, 6.07) is 7.15. The molecule has 2 aromatic rings. The number of rotatable bonds is 6. The number of halogens is 2. The Hall–Kier alpha value is -1.32. The van der Waals surface area contributed by atoms with Gasteiger partial charge in [-0.15, -0.1) is 0 Å². The normalized spacial score (nSPS) is 12.6. The third-order valence-electron chi connectivity index (χ3n) is 3.52. The van der Waals surface area contributed by atoms with E-state index in [2.05, 4.69) is 18.3 Å². The highest BCUT2D eigenvalue weighted by Gasteiger charge is 2.17. The second-order valence-electron chi connectivity index (χ2n) is 5.33. The summed E-state index contributed by atoms with van der Waals surface area (Å²) in [7, 11) is 0. The summed E-state index contributed by atoms with van der Waals surface area (Å²) in [5.41, 5.74) is 2.06. The summed E-state index contributed by atoms with van der Waals surface area (Å²) in [6.07, 6.45) is 1.75. The molecule has 1 heterocycles. The molecule has 2 nitrogen and oxygen atoms in total. The van der Waals surface area contributed by atoms with E-state index in [1.807, 2.05) is 19.9 Å². The quantitative estimate of drug-likeness (QED) is 0.814. The Morgan fingerprint density at radius 2 is 2.05 bits per heavy atom. The van der Waals surface area contributed by atoms with Gasteiger partial charge in [0.2, 0.25) is 0 Å². The maximum absolute atomic E-state index is 13.6. The summed E-state index contributed by atoms with van der Waals surface area (Å²) in [4.78, 5) is 0. The predicted octanol–water partition coefficient (Wildman–Crippen LogP) is 4.97. The van der Waals surface area contributed by atoms with Crippen LogP contribution in [-0.4, -0.2) is 6.54 Å². The first kappa shape index (κ1) is 16.1. The highest BCUT2D eigenvalue weighted by atomic mass is 35.5. The molecule has 114 valence electrons. The number of nitrogens with one attached hydrogen (secondary N) is 1. The lowest BCUT2D eigenvalue weighted by Crippen LogP contribution is -2.24. The summed E-state index contributed by atoms with van der Waals surface area (Å²) < 4.78 is 19.2. The van der Waals surface area contributed by atoms with Crippen LogP contribution >= 0.6 is 11.6 Å². The van der Waals surface area contributed by atoms with Crippen molar-refractivity contribution < 1.29 is 8.81 Å². The number of hydrogen-bond acceptors (Lipinski definition) is 2. The first-order chi connectivity index (χ1) is 10.0. The van der Waals surface area contributed by atoms with E-state index < -0.39 is 0 Å². The van der Waals surface area contributed by atoms with E-state index in [0.29, 0.717) is 6.42 Å². The molecule has 0 amide bonds. The number of aryl methyl sites for hydroxylation is 2. The van der Waals surface area contributed by atoms with E-state index in [-0.39, 0.29) is 16.9 Å². The van der Waals surface area contributed by atoms with Crippen LogP contribution in [0.4, 0.5) is 4.39 Å². The van der Waals surface area contributed by atoms with E-state index in [9.17, 15) is 4.39 Å². The highest BCUT2D eigenvalue weighted by molar-refractivity contribution is 6.30. The molecule has 0 bridgehead atoms. The molecule has 0 radical (unpaired) electrons. The lowest BCUT2D eigenvalue weighted by atomic mass is 9.98. The smallest absolute Gasteiger partial charge is 0.142 e. The number of furan rings is 1. The Bertz CT molecular complexity index is 609. The summed E-state index contributed by atoms with van der Waals surface area (Å²) in [6.45, 7) is 6.94. The van der Waals surface area contributed by atoms with Crippen LogP contribution in [0, 0.1) is 19.7 Å². The van der Waals surface area contributed by atoms with E-state index in [0.717, 1.165) is 35.6 Å². The first-order valence-electron chi connectivity index (χ1n) is 7.25. The van der Waals surface area contributed by atoms with Gasteiger partial charge in [-0.05, 0) is 57.0 Å². The van der Waals surface area contributed by atoms with Gasteiger partial charge in [0.05, 0.1) is 5.02 Å². The first-order valence-corrected chi connectivity index (χ1v) is 7.63. The maximum Gasteiger partial charge on any atom is 0.142 e. The molecule has 0 aliphatic rings. The molecule has 4 heteroatoms. The van der Waals surface area contributed by atoms with Crippen molar-refractivity contribution in [1.82, 2.24) is 5.32 Å². The molecule has 1 atom stereocenters. The maximum atomic E-state index is 13.6. The van der Waals surface area contributed by atoms with Crippen molar-refractivity contribution in [1.29, 1.82) is 0 Å². The van der Waals surface area contributed by atoms with Crippen LogP contribution in [0.15, 0.2) is 28.7 Å². The monoisotopic (exact) mass is 309 g/mol. The fraction of sp³-hybridized carbons (Fsp3) is 0.412. The number of benzene rings is 1. The Morgan fingerprint density at radius 1 is 1.29 bits per heavy atom. The SMILES string of the molecule is CCCNC(Cc1ccc(Cl)c(F)c1)c1cc(C)oc1C. The average molecular weight is 310 g/mol.